The summed E-state index contributed by atoms with van der Waals surface area (Å²) in [5.41, 5.74) is 1.71. The molecule has 2 amide bonds. The molecule has 1 fully saturated rings. The van der Waals surface area contributed by atoms with E-state index in [1.807, 2.05) is 11.0 Å². The number of amides is 2. The van der Waals surface area contributed by atoms with Gasteiger partial charge in [-0.1, -0.05) is 18.2 Å². The number of benzene rings is 2. The monoisotopic (exact) mass is 447 g/mol. The minimum absolute atomic E-state index is 0.00598. The third kappa shape index (κ3) is 5.40. The molecule has 2 aromatic carbocycles. The standard InChI is InChI=1S/C23H24F3N3O3/c24-23(25,26)18-3-1-2-16(12-18)14-28-8-10-29(11-9-28)22(31)15-32-19-5-6-20-17(13-19)4-7-21(30)27-20/h1-3,5-6,12-13H,4,7-11,14-15H2,(H,27,30). The fourth-order valence-corrected chi connectivity index (χ4v) is 3.95. The molecular weight excluding hydrogens is 423 g/mol. The quantitative estimate of drug-likeness (QED) is 0.764. The molecule has 2 aromatic rings. The highest BCUT2D eigenvalue weighted by atomic mass is 19.4. The van der Waals surface area contributed by atoms with Crippen molar-refractivity contribution in [3.8, 4) is 5.75 Å². The number of carbonyl (C=O) groups excluding carboxylic acids is 2. The molecule has 2 heterocycles. The summed E-state index contributed by atoms with van der Waals surface area (Å²) in [4.78, 5) is 27.7. The predicted molar refractivity (Wildman–Crippen MR) is 112 cm³/mol. The predicted octanol–water partition coefficient (Wildman–Crippen LogP) is 3.31. The molecule has 0 atom stereocenters. The molecule has 0 bridgehead atoms. The first-order valence-electron chi connectivity index (χ1n) is 10.5. The van der Waals surface area contributed by atoms with Gasteiger partial charge in [0.1, 0.15) is 5.75 Å². The number of halogens is 3. The maximum absolute atomic E-state index is 12.9. The van der Waals surface area contributed by atoms with Crippen LogP contribution in [0.4, 0.5) is 18.9 Å². The fourth-order valence-electron chi connectivity index (χ4n) is 3.95. The number of nitrogens with one attached hydrogen (secondary N) is 1. The van der Waals surface area contributed by atoms with Crippen LogP contribution in [0, 0.1) is 0 Å². The summed E-state index contributed by atoms with van der Waals surface area (Å²) in [6.45, 7) is 2.49. The Morgan fingerprint density at radius 3 is 2.56 bits per heavy atom. The highest BCUT2D eigenvalue weighted by Gasteiger charge is 2.30. The largest absolute Gasteiger partial charge is 0.484 e. The number of aryl methyl sites for hydroxylation is 1. The second-order valence-corrected chi connectivity index (χ2v) is 8.01. The Morgan fingerprint density at radius 2 is 1.81 bits per heavy atom. The summed E-state index contributed by atoms with van der Waals surface area (Å²) in [6, 6.07) is 10.7. The second-order valence-electron chi connectivity index (χ2n) is 8.01. The van der Waals surface area contributed by atoms with Crippen LogP contribution in [0.1, 0.15) is 23.1 Å². The van der Waals surface area contributed by atoms with Crippen LogP contribution in [0.3, 0.4) is 0 Å². The Kier molecular flexibility index (Phi) is 6.36. The van der Waals surface area contributed by atoms with Gasteiger partial charge in [0, 0.05) is 44.8 Å². The van der Waals surface area contributed by atoms with Gasteiger partial charge in [0.2, 0.25) is 5.91 Å². The third-order valence-electron chi connectivity index (χ3n) is 5.72. The number of piperazine rings is 1. The van der Waals surface area contributed by atoms with E-state index in [-0.39, 0.29) is 18.4 Å². The Morgan fingerprint density at radius 1 is 1.03 bits per heavy atom. The van der Waals surface area contributed by atoms with Crippen molar-refractivity contribution in [3.05, 3.63) is 59.2 Å². The summed E-state index contributed by atoms with van der Waals surface area (Å²) >= 11 is 0. The molecule has 6 nitrogen and oxygen atoms in total. The molecular formula is C23H24F3N3O3. The summed E-state index contributed by atoms with van der Waals surface area (Å²) < 4.78 is 44.3. The maximum Gasteiger partial charge on any atom is 0.416 e. The molecule has 0 radical (unpaired) electrons. The van der Waals surface area contributed by atoms with E-state index in [2.05, 4.69) is 5.32 Å². The average molecular weight is 447 g/mol. The SMILES string of the molecule is O=C1CCc2cc(OCC(=O)N3CCN(Cc4cccc(C(F)(F)F)c4)CC3)ccc2N1. The van der Waals surface area contributed by atoms with Gasteiger partial charge >= 0.3 is 6.18 Å². The van der Waals surface area contributed by atoms with Crippen molar-refractivity contribution in [1.82, 2.24) is 9.80 Å². The molecule has 0 unspecified atom stereocenters. The number of rotatable bonds is 5. The molecule has 170 valence electrons. The summed E-state index contributed by atoms with van der Waals surface area (Å²) in [5, 5.41) is 2.81. The number of alkyl halides is 3. The zero-order chi connectivity index (χ0) is 22.7. The van der Waals surface area contributed by atoms with Crippen LogP contribution >= 0.6 is 0 Å². The van der Waals surface area contributed by atoms with Crippen LogP contribution < -0.4 is 10.1 Å². The van der Waals surface area contributed by atoms with Crippen molar-refractivity contribution >= 4 is 17.5 Å². The first kappa shape index (κ1) is 22.1. The van der Waals surface area contributed by atoms with Gasteiger partial charge in [-0.05, 0) is 41.8 Å². The number of nitrogens with zero attached hydrogens (tertiary/aromatic N) is 2. The molecule has 1 saturated heterocycles. The van der Waals surface area contributed by atoms with E-state index >= 15 is 0 Å². The van der Waals surface area contributed by atoms with Gasteiger partial charge in [0.25, 0.3) is 5.91 Å². The van der Waals surface area contributed by atoms with Gasteiger partial charge in [0.05, 0.1) is 5.56 Å². The molecule has 2 aliphatic heterocycles. The number of carbonyl (C=O) groups is 2. The highest BCUT2D eigenvalue weighted by molar-refractivity contribution is 5.94. The van der Waals surface area contributed by atoms with Crippen molar-refractivity contribution in [1.29, 1.82) is 0 Å². The van der Waals surface area contributed by atoms with Crippen LogP contribution in [0.15, 0.2) is 42.5 Å². The highest BCUT2D eigenvalue weighted by Crippen LogP contribution is 2.30. The second kappa shape index (κ2) is 9.20. The van der Waals surface area contributed by atoms with Crippen molar-refractivity contribution in [2.45, 2.75) is 25.6 Å². The molecule has 0 aromatic heterocycles. The van der Waals surface area contributed by atoms with E-state index in [4.69, 9.17) is 4.74 Å². The smallest absolute Gasteiger partial charge is 0.416 e. The summed E-state index contributed by atoms with van der Waals surface area (Å²) in [6.07, 6.45) is -3.28. The molecule has 4 rings (SSSR count). The Labute approximate surface area is 183 Å². The van der Waals surface area contributed by atoms with Crippen LogP contribution in [0.2, 0.25) is 0 Å². The zero-order valence-corrected chi connectivity index (χ0v) is 17.5. The van der Waals surface area contributed by atoms with Gasteiger partial charge in [-0.15, -0.1) is 0 Å². The molecule has 2 aliphatic rings. The van der Waals surface area contributed by atoms with E-state index in [1.54, 1.807) is 23.1 Å². The van der Waals surface area contributed by atoms with Gasteiger partial charge in [-0.2, -0.15) is 13.2 Å². The molecule has 0 aliphatic carbocycles. The van der Waals surface area contributed by atoms with E-state index in [1.165, 1.54) is 12.1 Å². The summed E-state index contributed by atoms with van der Waals surface area (Å²) in [7, 11) is 0. The molecule has 9 heteroatoms. The molecule has 32 heavy (non-hydrogen) atoms. The van der Waals surface area contributed by atoms with E-state index in [0.717, 1.165) is 17.3 Å². The third-order valence-corrected chi connectivity index (χ3v) is 5.72. The minimum Gasteiger partial charge on any atom is -0.484 e. The van der Waals surface area contributed by atoms with Crippen LogP contribution in [0.5, 0.6) is 5.75 Å². The van der Waals surface area contributed by atoms with E-state index in [9.17, 15) is 22.8 Å². The lowest BCUT2D eigenvalue weighted by molar-refractivity contribution is -0.138. The van der Waals surface area contributed by atoms with Gasteiger partial charge in [-0.25, -0.2) is 0 Å². The van der Waals surface area contributed by atoms with E-state index < -0.39 is 11.7 Å². The molecule has 0 saturated carbocycles. The van der Waals surface area contributed by atoms with E-state index in [0.29, 0.717) is 56.9 Å². The Bertz CT molecular complexity index is 1000. The molecule has 1 N–H and O–H groups in total. The number of hydrogen-bond donors (Lipinski definition) is 1. The fraction of sp³-hybridized carbons (Fsp3) is 0.391. The zero-order valence-electron chi connectivity index (χ0n) is 17.5. The van der Waals surface area contributed by atoms with Crippen molar-refractivity contribution in [2.75, 3.05) is 38.1 Å². The minimum atomic E-state index is -4.35. The lowest BCUT2D eigenvalue weighted by Crippen LogP contribution is -2.49. The van der Waals surface area contributed by atoms with Gasteiger partial charge in [0.15, 0.2) is 6.61 Å². The lowest BCUT2D eigenvalue weighted by Gasteiger charge is -2.34. The van der Waals surface area contributed by atoms with Crippen LogP contribution in [-0.4, -0.2) is 54.4 Å². The first-order valence-corrected chi connectivity index (χ1v) is 10.5. The van der Waals surface area contributed by atoms with Crippen molar-refractivity contribution < 1.29 is 27.5 Å². The van der Waals surface area contributed by atoms with Crippen LogP contribution in [-0.2, 0) is 28.7 Å². The lowest BCUT2D eigenvalue weighted by atomic mass is 10.0. The number of anilines is 1. The van der Waals surface area contributed by atoms with Gasteiger partial charge in [-0.3, -0.25) is 14.5 Å². The Balaban J connectivity index is 1.25. The van der Waals surface area contributed by atoms with Crippen molar-refractivity contribution in [2.24, 2.45) is 0 Å². The number of hydrogen-bond acceptors (Lipinski definition) is 4. The normalized spacial score (nSPS) is 17.0. The van der Waals surface area contributed by atoms with Crippen molar-refractivity contribution in [3.63, 3.8) is 0 Å². The Hall–Kier alpha value is -3.07. The topological polar surface area (TPSA) is 61.9 Å². The van der Waals surface area contributed by atoms with Gasteiger partial charge < -0.3 is 15.0 Å². The first-order chi connectivity index (χ1) is 15.3. The number of ether oxygens (including phenoxy) is 1. The van der Waals surface area contributed by atoms with Crippen LogP contribution in [0.25, 0.3) is 0 Å². The number of fused-ring (bicyclic) bond motifs is 1. The average Bonchev–Trinajstić information content (AvgIpc) is 2.77. The summed E-state index contributed by atoms with van der Waals surface area (Å²) in [5.74, 6) is 0.444. The molecule has 0 spiro atoms. The maximum atomic E-state index is 12.9.